The maximum absolute atomic E-state index is 11.6. The summed E-state index contributed by atoms with van der Waals surface area (Å²) < 4.78 is 0. The molecule has 0 saturated carbocycles. The van der Waals surface area contributed by atoms with Gasteiger partial charge in [-0.25, -0.2) is 0 Å². The quantitative estimate of drug-likeness (QED) is 0.623. The molecule has 0 aliphatic rings. The van der Waals surface area contributed by atoms with E-state index < -0.39 is 0 Å². The molecule has 0 aliphatic heterocycles. The minimum atomic E-state index is -0.0786. The van der Waals surface area contributed by atoms with E-state index in [4.69, 9.17) is 5.73 Å². The van der Waals surface area contributed by atoms with E-state index in [1.54, 1.807) is 6.92 Å². The van der Waals surface area contributed by atoms with E-state index in [1.165, 1.54) is 0 Å². The zero-order valence-corrected chi connectivity index (χ0v) is 14.2. The van der Waals surface area contributed by atoms with Gasteiger partial charge in [-0.2, -0.15) is 0 Å². The summed E-state index contributed by atoms with van der Waals surface area (Å²) >= 11 is 0. The highest BCUT2D eigenvalue weighted by Crippen LogP contribution is 2.47. The number of carbonyl (C=O) groups is 2. The highest BCUT2D eigenvalue weighted by molar-refractivity contribution is 5.78. The van der Waals surface area contributed by atoms with Crippen LogP contribution in [-0.2, 0) is 9.59 Å². The molecule has 2 N–H and O–H groups in total. The van der Waals surface area contributed by atoms with Gasteiger partial charge < -0.3 is 10.5 Å². The summed E-state index contributed by atoms with van der Waals surface area (Å²) in [6.07, 6.45) is 4.71. The molecule has 0 bridgehead atoms. The lowest BCUT2D eigenvalue weighted by molar-refractivity contribution is -0.122. The van der Waals surface area contributed by atoms with Crippen molar-refractivity contribution in [2.24, 2.45) is 28.4 Å². The van der Waals surface area contributed by atoms with Crippen molar-refractivity contribution in [1.82, 2.24) is 0 Å². The molecular formula is C17H33NO2. The minimum Gasteiger partial charge on any atom is -0.330 e. The van der Waals surface area contributed by atoms with Crippen molar-refractivity contribution in [3.8, 4) is 0 Å². The van der Waals surface area contributed by atoms with E-state index in [0.717, 1.165) is 32.0 Å². The lowest BCUT2D eigenvalue weighted by atomic mass is 9.60. The van der Waals surface area contributed by atoms with E-state index in [2.05, 4.69) is 34.6 Å². The minimum absolute atomic E-state index is 0.00336. The average Bonchev–Trinajstić information content (AvgIpc) is 2.34. The maximum Gasteiger partial charge on any atom is 0.134 e. The Labute approximate surface area is 124 Å². The van der Waals surface area contributed by atoms with Gasteiger partial charge in [0.2, 0.25) is 0 Å². The smallest absolute Gasteiger partial charge is 0.134 e. The second-order valence-corrected chi connectivity index (χ2v) is 7.40. The first-order valence-corrected chi connectivity index (χ1v) is 7.77. The van der Waals surface area contributed by atoms with Gasteiger partial charge in [0.15, 0.2) is 0 Å². The standard InChI is InChI=1S/C17H33NO2/c1-7-8-14(12-19)9-16(3,4)17(5,6)10-15(11-18)13(2)20/h12,14-15H,7-11,18H2,1-6H3. The van der Waals surface area contributed by atoms with Crippen molar-refractivity contribution >= 4 is 12.1 Å². The monoisotopic (exact) mass is 283 g/mol. The SMILES string of the molecule is CCCC(C=O)CC(C)(C)C(C)(C)CC(CN)C(C)=O. The first-order valence-electron chi connectivity index (χ1n) is 7.77. The van der Waals surface area contributed by atoms with Gasteiger partial charge in [-0.05, 0) is 37.0 Å². The highest BCUT2D eigenvalue weighted by Gasteiger charge is 2.40. The van der Waals surface area contributed by atoms with Gasteiger partial charge in [0.25, 0.3) is 0 Å². The van der Waals surface area contributed by atoms with Crippen molar-refractivity contribution in [1.29, 1.82) is 0 Å². The molecule has 0 aromatic carbocycles. The fourth-order valence-electron chi connectivity index (χ4n) is 2.81. The third-order valence-electron chi connectivity index (χ3n) is 5.07. The molecule has 2 atom stereocenters. The molecule has 0 aromatic rings. The second-order valence-electron chi connectivity index (χ2n) is 7.40. The van der Waals surface area contributed by atoms with Crippen LogP contribution >= 0.6 is 0 Å². The summed E-state index contributed by atoms with van der Waals surface area (Å²) in [5, 5.41) is 0. The van der Waals surface area contributed by atoms with Crippen LogP contribution in [0.15, 0.2) is 0 Å². The van der Waals surface area contributed by atoms with Crippen molar-refractivity contribution in [3.63, 3.8) is 0 Å². The lowest BCUT2D eigenvalue weighted by Gasteiger charge is -2.44. The van der Waals surface area contributed by atoms with Crippen molar-refractivity contribution < 1.29 is 9.59 Å². The Hall–Kier alpha value is -0.700. The molecular weight excluding hydrogens is 250 g/mol. The Morgan fingerprint density at radius 2 is 1.65 bits per heavy atom. The number of hydrogen-bond donors (Lipinski definition) is 1. The molecule has 2 unspecified atom stereocenters. The molecule has 0 rings (SSSR count). The van der Waals surface area contributed by atoms with Crippen molar-refractivity contribution in [3.05, 3.63) is 0 Å². The molecule has 0 aliphatic carbocycles. The predicted octanol–water partition coefficient (Wildman–Crippen LogP) is 3.60. The van der Waals surface area contributed by atoms with Crippen LogP contribution in [0.2, 0.25) is 0 Å². The van der Waals surface area contributed by atoms with Crippen LogP contribution in [0.4, 0.5) is 0 Å². The average molecular weight is 283 g/mol. The molecule has 0 radical (unpaired) electrons. The summed E-state index contributed by atoms with van der Waals surface area (Å²) in [4.78, 5) is 22.8. The Kier molecular flexibility index (Phi) is 7.64. The van der Waals surface area contributed by atoms with Gasteiger partial charge in [0.1, 0.15) is 12.1 Å². The normalized spacial score (nSPS) is 15.8. The van der Waals surface area contributed by atoms with Gasteiger partial charge in [-0.15, -0.1) is 0 Å². The third kappa shape index (κ3) is 5.35. The number of hydrogen-bond acceptors (Lipinski definition) is 3. The summed E-state index contributed by atoms with van der Waals surface area (Å²) in [5.74, 6) is 0.199. The molecule has 0 spiro atoms. The maximum atomic E-state index is 11.6. The molecule has 20 heavy (non-hydrogen) atoms. The van der Waals surface area contributed by atoms with Crippen LogP contribution in [0.25, 0.3) is 0 Å². The molecule has 0 amide bonds. The Bertz CT molecular complexity index is 321. The van der Waals surface area contributed by atoms with E-state index >= 15 is 0 Å². The Morgan fingerprint density at radius 3 is 2.00 bits per heavy atom. The van der Waals surface area contributed by atoms with Gasteiger partial charge in [-0.1, -0.05) is 41.0 Å². The highest BCUT2D eigenvalue weighted by atomic mass is 16.1. The van der Waals surface area contributed by atoms with Gasteiger partial charge in [0, 0.05) is 18.4 Å². The van der Waals surface area contributed by atoms with E-state index in [-0.39, 0.29) is 28.4 Å². The Balaban J connectivity index is 4.94. The zero-order chi connectivity index (χ0) is 16.0. The number of ketones is 1. The fraction of sp³-hybridized carbons (Fsp3) is 0.882. The van der Waals surface area contributed by atoms with Crippen LogP contribution in [0.3, 0.4) is 0 Å². The number of rotatable bonds is 10. The van der Waals surface area contributed by atoms with Crippen LogP contribution in [0.5, 0.6) is 0 Å². The summed E-state index contributed by atoms with van der Waals surface area (Å²) in [6.45, 7) is 12.9. The number of nitrogens with two attached hydrogens (primary N) is 1. The van der Waals surface area contributed by atoms with Crippen LogP contribution in [0.1, 0.15) is 67.2 Å². The fourth-order valence-corrected chi connectivity index (χ4v) is 2.81. The van der Waals surface area contributed by atoms with Crippen LogP contribution in [-0.4, -0.2) is 18.6 Å². The van der Waals surface area contributed by atoms with Gasteiger partial charge >= 0.3 is 0 Å². The van der Waals surface area contributed by atoms with Gasteiger partial charge in [0.05, 0.1) is 0 Å². The van der Waals surface area contributed by atoms with E-state index in [9.17, 15) is 9.59 Å². The van der Waals surface area contributed by atoms with Crippen LogP contribution in [0, 0.1) is 22.7 Å². The third-order valence-corrected chi connectivity index (χ3v) is 5.07. The largest absolute Gasteiger partial charge is 0.330 e. The van der Waals surface area contributed by atoms with Gasteiger partial charge in [-0.3, -0.25) is 4.79 Å². The summed E-state index contributed by atoms with van der Waals surface area (Å²) in [6, 6.07) is 0. The number of Topliss-reactive ketones (excluding diaryl/α,β-unsaturated/α-hetero) is 1. The molecule has 0 saturated heterocycles. The lowest BCUT2D eigenvalue weighted by Crippen LogP contribution is -2.39. The molecule has 0 fully saturated rings. The first-order chi connectivity index (χ1) is 9.11. The first kappa shape index (κ1) is 19.3. The second kappa shape index (κ2) is 7.92. The molecule has 0 heterocycles. The Morgan fingerprint density at radius 1 is 1.15 bits per heavy atom. The summed E-state index contributed by atoms with van der Waals surface area (Å²) in [7, 11) is 0. The summed E-state index contributed by atoms with van der Waals surface area (Å²) in [5.41, 5.74) is 5.69. The zero-order valence-electron chi connectivity index (χ0n) is 14.2. The van der Waals surface area contributed by atoms with Crippen LogP contribution < -0.4 is 5.73 Å². The molecule has 0 aromatic heterocycles. The number of carbonyl (C=O) groups excluding carboxylic acids is 2. The topological polar surface area (TPSA) is 60.2 Å². The van der Waals surface area contributed by atoms with E-state index in [0.29, 0.717) is 6.54 Å². The van der Waals surface area contributed by atoms with Crippen molar-refractivity contribution in [2.45, 2.75) is 67.2 Å². The predicted molar refractivity (Wildman–Crippen MR) is 84.5 cm³/mol. The molecule has 3 nitrogen and oxygen atoms in total. The van der Waals surface area contributed by atoms with Crippen molar-refractivity contribution in [2.75, 3.05) is 6.54 Å². The van der Waals surface area contributed by atoms with E-state index in [1.807, 2.05) is 0 Å². The number of aldehydes is 1. The molecule has 118 valence electrons. The molecule has 3 heteroatoms.